The number of hydrogen-bond donors (Lipinski definition) is 2. The average molecular weight is 490 g/mol. The summed E-state index contributed by atoms with van der Waals surface area (Å²) in [5, 5.41) is 5.76. The van der Waals surface area contributed by atoms with Gasteiger partial charge in [-0.25, -0.2) is 0 Å². The lowest BCUT2D eigenvalue weighted by molar-refractivity contribution is 0.0303. The van der Waals surface area contributed by atoms with Crippen LogP contribution in [-0.4, -0.2) is 54.7 Å². The van der Waals surface area contributed by atoms with E-state index in [1.54, 1.807) is 53.4 Å². The van der Waals surface area contributed by atoms with Crippen LogP contribution >= 0.6 is 12.2 Å². The second-order valence-electron chi connectivity index (χ2n) is 7.97. The molecule has 1 aliphatic heterocycles. The Morgan fingerprint density at radius 3 is 2.34 bits per heavy atom. The number of nitrogens with zero attached hydrogens (tertiary/aromatic N) is 1. The molecule has 0 radical (unpaired) electrons. The molecule has 1 saturated heterocycles. The Hall–Kier alpha value is -3.75. The predicted molar refractivity (Wildman–Crippen MR) is 139 cm³/mol. The summed E-state index contributed by atoms with van der Waals surface area (Å²) in [6, 6.07) is 24.1. The number of nitrogens with one attached hydrogen (secondary N) is 2. The monoisotopic (exact) mass is 489 g/mol. The number of thiocarbonyl (C=S) groups is 1. The second kappa shape index (κ2) is 12.1. The highest BCUT2D eigenvalue weighted by atomic mass is 32.1. The van der Waals surface area contributed by atoms with Gasteiger partial charge in [0.05, 0.1) is 31.1 Å². The first-order valence-corrected chi connectivity index (χ1v) is 11.9. The van der Waals surface area contributed by atoms with Crippen molar-refractivity contribution in [3.05, 3.63) is 95.6 Å². The van der Waals surface area contributed by atoms with Crippen LogP contribution in [-0.2, 0) is 11.2 Å². The van der Waals surface area contributed by atoms with E-state index in [0.29, 0.717) is 55.5 Å². The number of carbonyl (C=O) groups excluding carboxylic acids is 2. The lowest BCUT2D eigenvalue weighted by Gasteiger charge is -2.27. The van der Waals surface area contributed by atoms with Gasteiger partial charge in [0.2, 0.25) is 0 Å². The normalized spacial score (nSPS) is 13.1. The molecule has 0 unspecified atom stereocenters. The van der Waals surface area contributed by atoms with Crippen molar-refractivity contribution >= 4 is 34.8 Å². The Labute approximate surface area is 210 Å². The molecule has 0 bridgehead atoms. The molecule has 35 heavy (non-hydrogen) atoms. The third-order valence-corrected chi connectivity index (χ3v) is 5.75. The lowest BCUT2D eigenvalue weighted by Crippen LogP contribution is -2.41. The van der Waals surface area contributed by atoms with Crippen molar-refractivity contribution < 1.29 is 19.1 Å². The minimum atomic E-state index is -0.352. The molecule has 1 heterocycles. The van der Waals surface area contributed by atoms with Gasteiger partial charge in [0.25, 0.3) is 11.8 Å². The van der Waals surface area contributed by atoms with E-state index in [2.05, 4.69) is 22.8 Å². The number of benzene rings is 3. The van der Waals surface area contributed by atoms with Gasteiger partial charge in [-0.3, -0.25) is 14.9 Å². The van der Waals surface area contributed by atoms with Crippen molar-refractivity contribution in [3.63, 3.8) is 0 Å². The zero-order valence-corrected chi connectivity index (χ0v) is 20.1. The minimum absolute atomic E-state index is 0.103. The van der Waals surface area contributed by atoms with E-state index in [9.17, 15) is 9.59 Å². The predicted octanol–water partition coefficient (Wildman–Crippen LogP) is 3.91. The molecule has 1 fully saturated rings. The molecule has 2 N–H and O–H groups in total. The largest absolute Gasteiger partial charge is 0.493 e. The van der Waals surface area contributed by atoms with Gasteiger partial charge >= 0.3 is 0 Å². The van der Waals surface area contributed by atoms with Crippen molar-refractivity contribution in [1.29, 1.82) is 0 Å². The molecule has 7 nitrogen and oxygen atoms in total. The van der Waals surface area contributed by atoms with Crippen LogP contribution in [0.25, 0.3) is 0 Å². The number of rotatable bonds is 7. The maximum absolute atomic E-state index is 12.9. The molecule has 0 spiro atoms. The third kappa shape index (κ3) is 6.88. The van der Waals surface area contributed by atoms with Crippen LogP contribution in [0.5, 0.6) is 5.75 Å². The van der Waals surface area contributed by atoms with Crippen molar-refractivity contribution in [3.8, 4) is 5.75 Å². The average Bonchev–Trinajstić information content (AvgIpc) is 2.90. The van der Waals surface area contributed by atoms with Crippen molar-refractivity contribution in [1.82, 2.24) is 10.2 Å². The molecule has 180 valence electrons. The molecule has 0 aromatic heterocycles. The molecule has 3 aromatic carbocycles. The Morgan fingerprint density at radius 1 is 0.914 bits per heavy atom. The number of para-hydroxylation sites is 1. The van der Waals surface area contributed by atoms with Crippen LogP contribution in [0, 0.1) is 0 Å². The Morgan fingerprint density at radius 2 is 1.60 bits per heavy atom. The number of morpholine rings is 1. The van der Waals surface area contributed by atoms with Crippen molar-refractivity contribution in [2.45, 2.75) is 6.42 Å². The van der Waals surface area contributed by atoms with Crippen molar-refractivity contribution in [2.75, 3.05) is 38.2 Å². The molecular formula is C27H27N3O4S. The molecule has 0 atom stereocenters. The summed E-state index contributed by atoms with van der Waals surface area (Å²) < 4.78 is 11.1. The third-order valence-electron chi connectivity index (χ3n) is 5.55. The SMILES string of the molecule is O=C(NC(=S)Nc1ccccc1C(=O)N1CCOCC1)c1ccc(OCCc2ccccc2)cc1. The van der Waals surface area contributed by atoms with Gasteiger partial charge in [-0.15, -0.1) is 0 Å². The van der Waals surface area contributed by atoms with Gasteiger partial charge in [-0.2, -0.15) is 0 Å². The zero-order valence-electron chi connectivity index (χ0n) is 19.2. The Balaban J connectivity index is 1.30. The molecule has 3 aromatic rings. The second-order valence-corrected chi connectivity index (χ2v) is 8.38. The minimum Gasteiger partial charge on any atom is -0.493 e. The smallest absolute Gasteiger partial charge is 0.257 e. The summed E-state index contributed by atoms with van der Waals surface area (Å²) in [6.07, 6.45) is 0.804. The van der Waals surface area contributed by atoms with E-state index < -0.39 is 0 Å². The number of carbonyl (C=O) groups is 2. The standard InChI is InChI=1S/C27H27N3O4S/c31-25(21-10-12-22(13-11-21)34-17-14-20-6-2-1-3-7-20)29-27(35)28-24-9-5-4-8-23(24)26(32)30-15-18-33-19-16-30/h1-13H,14-19H2,(H2,28,29,31,35). The van der Waals surface area contributed by atoms with Gasteiger partial charge < -0.3 is 19.7 Å². The fraction of sp³-hybridized carbons (Fsp3) is 0.222. The summed E-state index contributed by atoms with van der Waals surface area (Å²) >= 11 is 5.33. The van der Waals surface area contributed by atoms with Crippen LogP contribution in [0.4, 0.5) is 5.69 Å². The van der Waals surface area contributed by atoms with Gasteiger partial charge in [0.1, 0.15) is 5.75 Å². The molecule has 2 amide bonds. The van der Waals surface area contributed by atoms with Crippen molar-refractivity contribution in [2.24, 2.45) is 0 Å². The van der Waals surface area contributed by atoms with E-state index in [1.165, 1.54) is 5.56 Å². The van der Waals surface area contributed by atoms with E-state index in [0.717, 1.165) is 6.42 Å². The topological polar surface area (TPSA) is 79.9 Å². The van der Waals surface area contributed by atoms with Crippen LogP contribution in [0.3, 0.4) is 0 Å². The quantitative estimate of drug-likeness (QED) is 0.490. The first-order chi connectivity index (χ1) is 17.1. The molecule has 4 rings (SSSR count). The molecule has 0 saturated carbocycles. The van der Waals surface area contributed by atoms with Crippen LogP contribution < -0.4 is 15.4 Å². The highest BCUT2D eigenvalue weighted by molar-refractivity contribution is 7.80. The Bertz CT molecular complexity index is 1160. The van der Waals surface area contributed by atoms with E-state index >= 15 is 0 Å². The molecular weight excluding hydrogens is 462 g/mol. The summed E-state index contributed by atoms with van der Waals surface area (Å²) in [7, 11) is 0. The maximum atomic E-state index is 12.9. The summed E-state index contributed by atoms with van der Waals surface area (Å²) in [4.78, 5) is 27.3. The van der Waals surface area contributed by atoms with Gasteiger partial charge in [-0.05, 0) is 54.2 Å². The molecule has 0 aliphatic carbocycles. The van der Waals surface area contributed by atoms with Crippen LogP contribution in [0.15, 0.2) is 78.9 Å². The van der Waals surface area contributed by atoms with E-state index in [-0.39, 0.29) is 16.9 Å². The highest BCUT2D eigenvalue weighted by Gasteiger charge is 2.21. The van der Waals surface area contributed by atoms with Crippen LogP contribution in [0.1, 0.15) is 26.3 Å². The number of ether oxygens (including phenoxy) is 2. The summed E-state index contributed by atoms with van der Waals surface area (Å²) in [5.74, 6) is 0.234. The fourth-order valence-corrected chi connectivity index (χ4v) is 3.88. The molecule has 1 aliphatic rings. The Kier molecular flexibility index (Phi) is 8.43. The fourth-order valence-electron chi connectivity index (χ4n) is 3.68. The maximum Gasteiger partial charge on any atom is 0.257 e. The summed E-state index contributed by atoms with van der Waals surface area (Å²) in [6.45, 7) is 2.67. The number of amides is 2. The highest BCUT2D eigenvalue weighted by Crippen LogP contribution is 2.18. The van der Waals surface area contributed by atoms with Gasteiger partial charge in [-0.1, -0.05) is 42.5 Å². The summed E-state index contributed by atoms with van der Waals surface area (Å²) in [5.41, 5.74) is 2.68. The van der Waals surface area contributed by atoms with E-state index in [4.69, 9.17) is 21.7 Å². The number of anilines is 1. The van der Waals surface area contributed by atoms with E-state index in [1.807, 2.05) is 18.2 Å². The molecule has 8 heteroatoms. The number of hydrogen-bond acceptors (Lipinski definition) is 5. The van der Waals surface area contributed by atoms with Crippen LogP contribution in [0.2, 0.25) is 0 Å². The first kappa shape index (κ1) is 24.4. The first-order valence-electron chi connectivity index (χ1n) is 11.5. The van der Waals surface area contributed by atoms with Gasteiger partial charge in [0.15, 0.2) is 5.11 Å². The lowest BCUT2D eigenvalue weighted by atomic mass is 10.1. The van der Waals surface area contributed by atoms with Gasteiger partial charge in [0, 0.05) is 25.1 Å². The zero-order chi connectivity index (χ0) is 24.5.